The molecule has 2 fully saturated rings. The molecule has 0 aromatic heterocycles. The summed E-state index contributed by atoms with van der Waals surface area (Å²) in [6.45, 7) is 0.000118. The lowest BCUT2D eigenvalue weighted by molar-refractivity contribution is -0.352. The summed E-state index contributed by atoms with van der Waals surface area (Å²) < 4.78 is 21.8. The molecular formula is C20H29NO12. The number of aliphatic hydroxyl groups excluding tert-OH is 7. The van der Waals surface area contributed by atoms with Crippen molar-refractivity contribution in [3.63, 3.8) is 0 Å². The number of anilines is 1. The average molecular weight is 475 g/mol. The van der Waals surface area contributed by atoms with Gasteiger partial charge in [0.05, 0.1) is 13.2 Å². The maximum atomic E-state index is 11.1. The van der Waals surface area contributed by atoms with E-state index < -0.39 is 74.6 Å². The fourth-order valence-electron chi connectivity index (χ4n) is 3.61. The van der Waals surface area contributed by atoms with Gasteiger partial charge in [0.1, 0.15) is 54.6 Å². The molecule has 0 radical (unpaired) electrons. The monoisotopic (exact) mass is 475 g/mol. The standard InChI is InChI=1S/C20H29NO12/c1-8(24)21-9-2-4-10(5-3-9)30-19-17(29)15(27)18(12(7-23)32-19)33-20-16(28)14(26)13(25)11(6-22)31-20/h2-5,11-20,22-23,25-29H,6-7H2,1H3,(H,21,24)/t11?,12?,13?,14?,15?,16-,17?,18-,19+,20-/m1/s1. The third-order valence-electron chi connectivity index (χ3n) is 5.39. The molecule has 13 nitrogen and oxygen atoms in total. The zero-order chi connectivity index (χ0) is 24.3. The van der Waals surface area contributed by atoms with Gasteiger partial charge in [-0.3, -0.25) is 4.79 Å². The van der Waals surface area contributed by atoms with Crippen LogP contribution in [0, 0.1) is 0 Å². The van der Waals surface area contributed by atoms with E-state index in [-0.39, 0.29) is 11.7 Å². The number of hydrogen-bond acceptors (Lipinski definition) is 12. The van der Waals surface area contributed by atoms with Crippen molar-refractivity contribution >= 4 is 11.6 Å². The summed E-state index contributed by atoms with van der Waals surface area (Å²) >= 11 is 0. The zero-order valence-electron chi connectivity index (χ0n) is 17.7. The lowest BCUT2D eigenvalue weighted by Crippen LogP contribution is -2.65. The summed E-state index contributed by atoms with van der Waals surface area (Å²) in [5.74, 6) is -0.0144. The Morgan fingerprint density at radius 3 is 2.00 bits per heavy atom. The maximum absolute atomic E-state index is 11.1. The van der Waals surface area contributed by atoms with E-state index in [0.717, 1.165) is 0 Å². The molecule has 0 saturated carbocycles. The quantitative estimate of drug-likeness (QED) is 0.195. The predicted octanol–water partition coefficient (Wildman–Crippen LogP) is -3.35. The highest BCUT2D eigenvalue weighted by molar-refractivity contribution is 5.88. The maximum Gasteiger partial charge on any atom is 0.229 e. The Hall–Kier alpha value is -1.91. The van der Waals surface area contributed by atoms with Gasteiger partial charge >= 0.3 is 0 Å². The molecule has 6 unspecified atom stereocenters. The fourth-order valence-corrected chi connectivity index (χ4v) is 3.61. The number of amides is 1. The lowest BCUT2D eigenvalue weighted by Gasteiger charge is -2.45. The van der Waals surface area contributed by atoms with Gasteiger partial charge in [-0.1, -0.05) is 0 Å². The summed E-state index contributed by atoms with van der Waals surface area (Å²) in [7, 11) is 0. The van der Waals surface area contributed by atoms with Gasteiger partial charge in [-0.15, -0.1) is 0 Å². The van der Waals surface area contributed by atoms with Gasteiger partial charge in [0.2, 0.25) is 12.2 Å². The van der Waals surface area contributed by atoms with Crippen molar-refractivity contribution in [3.05, 3.63) is 24.3 Å². The molecule has 0 aliphatic carbocycles. The molecule has 1 aromatic carbocycles. The molecule has 2 aliphatic heterocycles. The molecule has 33 heavy (non-hydrogen) atoms. The summed E-state index contributed by atoms with van der Waals surface area (Å²) in [6.07, 6.45) is -15.3. The van der Waals surface area contributed by atoms with Crippen LogP contribution in [0.3, 0.4) is 0 Å². The van der Waals surface area contributed by atoms with E-state index >= 15 is 0 Å². The number of ether oxygens (including phenoxy) is 4. The molecule has 186 valence electrons. The Labute approximate surface area is 188 Å². The average Bonchev–Trinajstić information content (AvgIpc) is 2.79. The highest BCUT2D eigenvalue weighted by atomic mass is 16.7. The Bertz CT molecular complexity index is 775. The van der Waals surface area contributed by atoms with Crippen molar-refractivity contribution in [2.45, 2.75) is 68.3 Å². The first-order chi connectivity index (χ1) is 15.7. The lowest BCUT2D eigenvalue weighted by atomic mass is 9.97. The second-order valence-corrected chi connectivity index (χ2v) is 7.83. The minimum atomic E-state index is -1.75. The molecule has 13 heteroatoms. The smallest absolute Gasteiger partial charge is 0.229 e. The third-order valence-corrected chi connectivity index (χ3v) is 5.39. The molecular weight excluding hydrogens is 446 g/mol. The van der Waals surface area contributed by atoms with Crippen LogP contribution in [0.5, 0.6) is 5.75 Å². The molecule has 2 saturated heterocycles. The number of benzene rings is 1. The second kappa shape index (κ2) is 11.0. The largest absolute Gasteiger partial charge is 0.462 e. The summed E-state index contributed by atoms with van der Waals surface area (Å²) in [4.78, 5) is 11.1. The summed E-state index contributed by atoms with van der Waals surface area (Å²) in [6, 6.07) is 6.10. The Morgan fingerprint density at radius 1 is 0.848 bits per heavy atom. The molecule has 1 amide bonds. The van der Waals surface area contributed by atoms with Crippen LogP contribution < -0.4 is 10.1 Å². The number of nitrogens with one attached hydrogen (secondary N) is 1. The van der Waals surface area contributed by atoms with E-state index in [1.54, 1.807) is 12.1 Å². The van der Waals surface area contributed by atoms with E-state index in [4.69, 9.17) is 18.9 Å². The van der Waals surface area contributed by atoms with Crippen molar-refractivity contribution in [3.8, 4) is 5.75 Å². The van der Waals surface area contributed by atoms with Crippen molar-refractivity contribution in [1.82, 2.24) is 0 Å². The first-order valence-electron chi connectivity index (χ1n) is 10.3. The molecule has 10 atom stereocenters. The van der Waals surface area contributed by atoms with E-state index in [1.165, 1.54) is 19.1 Å². The number of rotatable bonds is 7. The van der Waals surface area contributed by atoms with Gasteiger partial charge in [0, 0.05) is 12.6 Å². The summed E-state index contributed by atoms with van der Waals surface area (Å²) in [5, 5.41) is 72.6. The van der Waals surface area contributed by atoms with Gasteiger partial charge in [-0.05, 0) is 24.3 Å². The minimum absolute atomic E-state index is 0.241. The number of hydrogen-bond donors (Lipinski definition) is 8. The van der Waals surface area contributed by atoms with Gasteiger partial charge in [0.15, 0.2) is 6.29 Å². The zero-order valence-corrected chi connectivity index (χ0v) is 17.7. The third kappa shape index (κ3) is 5.78. The molecule has 2 heterocycles. The Balaban J connectivity index is 1.68. The first-order valence-corrected chi connectivity index (χ1v) is 10.3. The molecule has 0 bridgehead atoms. The van der Waals surface area contributed by atoms with E-state index in [2.05, 4.69) is 5.32 Å². The van der Waals surface area contributed by atoms with Gasteiger partial charge in [-0.25, -0.2) is 0 Å². The van der Waals surface area contributed by atoms with Crippen molar-refractivity contribution in [1.29, 1.82) is 0 Å². The van der Waals surface area contributed by atoms with Gasteiger partial charge in [-0.2, -0.15) is 0 Å². The fraction of sp³-hybridized carbons (Fsp3) is 0.650. The van der Waals surface area contributed by atoms with Crippen LogP contribution in [-0.2, 0) is 19.0 Å². The van der Waals surface area contributed by atoms with Gasteiger partial charge in [0.25, 0.3) is 0 Å². The normalized spacial score (nSPS) is 39.2. The van der Waals surface area contributed by atoms with Crippen LogP contribution in [-0.4, -0.2) is 116 Å². The van der Waals surface area contributed by atoms with Crippen LogP contribution >= 0.6 is 0 Å². The molecule has 2 aliphatic rings. The molecule has 0 spiro atoms. The highest BCUT2D eigenvalue weighted by Gasteiger charge is 2.51. The Kier molecular flexibility index (Phi) is 8.58. The highest BCUT2D eigenvalue weighted by Crippen LogP contribution is 2.30. The number of aliphatic hydroxyl groups is 7. The second-order valence-electron chi connectivity index (χ2n) is 7.83. The molecule has 3 rings (SSSR count). The van der Waals surface area contributed by atoms with Crippen molar-refractivity contribution in [2.24, 2.45) is 0 Å². The van der Waals surface area contributed by atoms with Crippen LogP contribution in [0.4, 0.5) is 5.69 Å². The first kappa shape index (κ1) is 25.7. The number of carbonyl (C=O) groups excluding carboxylic acids is 1. The van der Waals surface area contributed by atoms with Crippen LogP contribution in [0.1, 0.15) is 6.92 Å². The number of carbonyl (C=O) groups is 1. The molecule has 1 aromatic rings. The van der Waals surface area contributed by atoms with E-state index in [0.29, 0.717) is 5.69 Å². The van der Waals surface area contributed by atoms with Crippen LogP contribution in [0.2, 0.25) is 0 Å². The summed E-state index contributed by atoms with van der Waals surface area (Å²) in [5.41, 5.74) is 0.515. The van der Waals surface area contributed by atoms with E-state index in [9.17, 15) is 40.5 Å². The molecule has 8 N–H and O–H groups in total. The van der Waals surface area contributed by atoms with Crippen molar-refractivity contribution < 1.29 is 59.5 Å². The Morgan fingerprint density at radius 2 is 1.42 bits per heavy atom. The van der Waals surface area contributed by atoms with Gasteiger partial charge < -0.3 is 60.0 Å². The van der Waals surface area contributed by atoms with Crippen molar-refractivity contribution in [2.75, 3.05) is 18.5 Å². The predicted molar refractivity (Wildman–Crippen MR) is 108 cm³/mol. The van der Waals surface area contributed by atoms with Crippen LogP contribution in [0.25, 0.3) is 0 Å². The topological polar surface area (TPSA) is 208 Å². The SMILES string of the molecule is CC(=O)Nc1ccc(O[C@H]2OC(CO)[C@@H](O[C@H]3OC(CO)C(O)C(O)[C@H]3O)C(O)C2O)cc1. The van der Waals surface area contributed by atoms with E-state index in [1.807, 2.05) is 0 Å². The minimum Gasteiger partial charge on any atom is -0.462 e. The van der Waals surface area contributed by atoms with Crippen LogP contribution in [0.15, 0.2) is 24.3 Å².